The van der Waals surface area contributed by atoms with Gasteiger partial charge in [0.25, 0.3) is 5.56 Å². The molecule has 2 aromatic carbocycles. The fraction of sp³-hybridized carbons (Fsp3) is 0.238. The molecule has 7 nitrogen and oxygen atoms in total. The Kier molecular flexibility index (Phi) is 6.38. The Morgan fingerprint density at radius 1 is 1.06 bits per heavy atom. The van der Waals surface area contributed by atoms with Crippen LogP contribution in [-0.2, 0) is 16.0 Å². The van der Waals surface area contributed by atoms with Crippen LogP contribution in [0.2, 0.25) is 0 Å². The van der Waals surface area contributed by atoms with E-state index in [2.05, 4.69) is 10.2 Å². The maximum Gasteiger partial charge on any atom is 0.306 e. The molecule has 0 saturated heterocycles. The van der Waals surface area contributed by atoms with E-state index >= 15 is 0 Å². The Bertz CT molecular complexity index is 1170. The number of aromatic nitrogens is 2. The van der Waals surface area contributed by atoms with Crippen molar-refractivity contribution in [2.75, 3.05) is 14.2 Å². The van der Waals surface area contributed by atoms with Gasteiger partial charge in [-0.25, -0.2) is 13.2 Å². The molecule has 3 N–H and O–H groups in total. The molecule has 0 aliphatic rings. The number of H-pyrrole nitrogens is 2. The predicted octanol–water partition coefficient (Wildman–Crippen LogP) is 3.12. The van der Waals surface area contributed by atoms with Gasteiger partial charge in [-0.15, -0.1) is 0 Å². The molecule has 3 rings (SSSR count). The van der Waals surface area contributed by atoms with Crippen LogP contribution in [0.5, 0.6) is 11.5 Å². The van der Waals surface area contributed by atoms with Gasteiger partial charge in [0.05, 0.1) is 20.6 Å². The predicted molar refractivity (Wildman–Crippen MR) is 104 cm³/mol. The summed E-state index contributed by atoms with van der Waals surface area (Å²) in [5, 5.41) is 14.9. The SMILES string of the molecule is COC(=O)C[C@H](c1ccc(O)c(OC)c1)c1c(Cc2cc(F)c(F)cc2F)[nH][nH]c1=O. The van der Waals surface area contributed by atoms with Crippen molar-refractivity contribution in [1.29, 1.82) is 0 Å². The van der Waals surface area contributed by atoms with E-state index in [0.717, 1.165) is 0 Å². The monoisotopic (exact) mass is 436 g/mol. The third-order valence-electron chi connectivity index (χ3n) is 4.91. The molecule has 0 fully saturated rings. The van der Waals surface area contributed by atoms with Crippen LogP contribution in [0.15, 0.2) is 35.1 Å². The van der Waals surface area contributed by atoms with Gasteiger partial charge in [0.1, 0.15) is 5.82 Å². The molecule has 1 heterocycles. The number of nitrogens with one attached hydrogen (secondary N) is 2. The van der Waals surface area contributed by atoms with Crippen LogP contribution in [0.4, 0.5) is 13.2 Å². The maximum atomic E-state index is 14.2. The largest absolute Gasteiger partial charge is 0.504 e. The van der Waals surface area contributed by atoms with Crippen molar-refractivity contribution < 1.29 is 32.5 Å². The van der Waals surface area contributed by atoms with Crippen LogP contribution >= 0.6 is 0 Å². The highest BCUT2D eigenvalue weighted by atomic mass is 19.2. The molecule has 0 bridgehead atoms. The third-order valence-corrected chi connectivity index (χ3v) is 4.91. The molecule has 0 aliphatic heterocycles. The molecule has 0 unspecified atom stereocenters. The van der Waals surface area contributed by atoms with E-state index in [-0.39, 0.29) is 41.2 Å². The lowest BCUT2D eigenvalue weighted by molar-refractivity contribution is -0.140. The van der Waals surface area contributed by atoms with Gasteiger partial charge in [-0.05, 0) is 29.3 Å². The van der Waals surface area contributed by atoms with Crippen LogP contribution in [0, 0.1) is 17.5 Å². The Morgan fingerprint density at radius 2 is 1.77 bits per heavy atom. The van der Waals surface area contributed by atoms with E-state index in [0.29, 0.717) is 17.7 Å². The molecule has 164 valence electrons. The van der Waals surface area contributed by atoms with Crippen LogP contribution in [0.1, 0.15) is 34.7 Å². The standard InChI is InChI=1S/C21H19F3N2O5/c1-30-18-7-10(3-4-17(18)27)12(8-19(28)31-2)20-16(25-26-21(20)29)6-11-5-14(23)15(24)9-13(11)22/h3-5,7,9,12,27H,6,8H2,1-2H3,(H2,25,26,29)/t12-/m1/s1. The highest BCUT2D eigenvalue weighted by molar-refractivity contribution is 5.71. The number of aromatic hydroxyl groups is 1. The smallest absolute Gasteiger partial charge is 0.306 e. The summed E-state index contributed by atoms with van der Waals surface area (Å²) in [5.41, 5.74) is -0.0651. The Morgan fingerprint density at radius 3 is 2.45 bits per heavy atom. The van der Waals surface area contributed by atoms with Gasteiger partial charge in [0, 0.05) is 29.7 Å². The summed E-state index contributed by atoms with van der Waals surface area (Å²) in [7, 11) is 2.53. The summed E-state index contributed by atoms with van der Waals surface area (Å²) in [4.78, 5) is 24.6. The zero-order valence-corrected chi connectivity index (χ0v) is 16.6. The highest BCUT2D eigenvalue weighted by Gasteiger charge is 2.27. The lowest BCUT2D eigenvalue weighted by atomic mass is 9.87. The van der Waals surface area contributed by atoms with Gasteiger partial charge in [0.2, 0.25) is 0 Å². The zero-order chi connectivity index (χ0) is 22.7. The number of rotatable bonds is 7. The minimum atomic E-state index is -1.33. The number of benzene rings is 2. The van der Waals surface area contributed by atoms with Crippen molar-refractivity contribution >= 4 is 5.97 Å². The molecular formula is C21H19F3N2O5. The van der Waals surface area contributed by atoms with E-state index in [1.54, 1.807) is 0 Å². The second kappa shape index (κ2) is 8.99. The number of phenolic OH excluding ortho intramolecular Hbond substituents is 1. The highest BCUT2D eigenvalue weighted by Crippen LogP contribution is 2.35. The summed E-state index contributed by atoms with van der Waals surface area (Å²) < 4.78 is 50.9. The summed E-state index contributed by atoms with van der Waals surface area (Å²) in [6.07, 6.45) is -0.525. The molecule has 0 radical (unpaired) electrons. The van der Waals surface area contributed by atoms with Gasteiger partial charge in [-0.2, -0.15) is 0 Å². The minimum Gasteiger partial charge on any atom is -0.504 e. The van der Waals surface area contributed by atoms with Crippen LogP contribution < -0.4 is 10.3 Å². The first-order chi connectivity index (χ1) is 14.7. The minimum absolute atomic E-state index is 0.0854. The number of phenols is 1. The normalized spacial score (nSPS) is 11.9. The number of carbonyl (C=O) groups is 1. The molecule has 10 heteroatoms. The van der Waals surface area contributed by atoms with Gasteiger partial charge in [-0.1, -0.05) is 6.07 Å². The number of aromatic amines is 2. The lowest BCUT2D eigenvalue weighted by Crippen LogP contribution is -2.18. The van der Waals surface area contributed by atoms with Gasteiger partial charge in [0.15, 0.2) is 23.1 Å². The third kappa shape index (κ3) is 4.57. The number of methoxy groups -OCH3 is 2. The van der Waals surface area contributed by atoms with Crippen LogP contribution in [0.3, 0.4) is 0 Å². The van der Waals surface area contributed by atoms with Crippen LogP contribution in [0.25, 0.3) is 0 Å². The Labute approximate surface area is 174 Å². The molecule has 0 spiro atoms. The van der Waals surface area contributed by atoms with Crippen molar-refractivity contribution in [3.8, 4) is 11.5 Å². The van der Waals surface area contributed by atoms with Crippen molar-refractivity contribution in [3.05, 3.63) is 80.5 Å². The number of hydrogen-bond donors (Lipinski definition) is 3. The van der Waals surface area contributed by atoms with E-state index in [9.17, 15) is 27.9 Å². The molecule has 0 saturated carbocycles. The molecular weight excluding hydrogens is 417 g/mol. The Hall–Kier alpha value is -3.69. The van der Waals surface area contributed by atoms with Gasteiger partial charge in [-0.3, -0.25) is 14.7 Å². The molecule has 3 aromatic rings. The van der Waals surface area contributed by atoms with Gasteiger partial charge < -0.3 is 19.7 Å². The van der Waals surface area contributed by atoms with E-state index in [1.165, 1.54) is 32.4 Å². The average molecular weight is 436 g/mol. The fourth-order valence-corrected chi connectivity index (χ4v) is 3.35. The fourth-order valence-electron chi connectivity index (χ4n) is 3.35. The van der Waals surface area contributed by atoms with Gasteiger partial charge >= 0.3 is 5.97 Å². The van der Waals surface area contributed by atoms with Crippen molar-refractivity contribution in [3.63, 3.8) is 0 Å². The van der Waals surface area contributed by atoms with Crippen molar-refractivity contribution in [2.24, 2.45) is 0 Å². The van der Waals surface area contributed by atoms with Crippen molar-refractivity contribution in [2.45, 2.75) is 18.8 Å². The number of ether oxygens (including phenoxy) is 2. The molecule has 1 aromatic heterocycles. The van der Waals surface area contributed by atoms with E-state index in [4.69, 9.17) is 9.47 Å². The van der Waals surface area contributed by atoms with E-state index < -0.39 is 34.9 Å². The number of halogens is 3. The average Bonchev–Trinajstić information content (AvgIpc) is 3.10. The number of esters is 1. The first kappa shape index (κ1) is 22.0. The number of carbonyl (C=O) groups excluding carboxylic acids is 1. The second-order valence-electron chi connectivity index (χ2n) is 6.77. The summed E-state index contributed by atoms with van der Waals surface area (Å²) in [6.45, 7) is 0. The summed E-state index contributed by atoms with van der Waals surface area (Å²) >= 11 is 0. The lowest BCUT2D eigenvalue weighted by Gasteiger charge is -2.18. The first-order valence-corrected chi connectivity index (χ1v) is 9.11. The molecule has 31 heavy (non-hydrogen) atoms. The quantitative estimate of drug-likeness (QED) is 0.390. The zero-order valence-electron chi connectivity index (χ0n) is 16.6. The Balaban J connectivity index is 2.10. The molecule has 1 atom stereocenters. The summed E-state index contributed by atoms with van der Waals surface area (Å²) in [6, 6.07) is 5.43. The molecule has 0 aliphatic carbocycles. The van der Waals surface area contributed by atoms with Crippen LogP contribution in [-0.4, -0.2) is 35.5 Å². The maximum absolute atomic E-state index is 14.2. The van der Waals surface area contributed by atoms with Crippen molar-refractivity contribution in [1.82, 2.24) is 10.2 Å². The van der Waals surface area contributed by atoms with E-state index in [1.807, 2.05) is 0 Å². The summed E-state index contributed by atoms with van der Waals surface area (Å²) in [5.74, 6) is -5.05. The first-order valence-electron chi connectivity index (χ1n) is 9.11. The molecule has 0 amide bonds. The second-order valence-corrected chi connectivity index (χ2v) is 6.77. The number of hydrogen-bond acceptors (Lipinski definition) is 5. The topological polar surface area (TPSA) is 104 Å².